The average molecular weight is 194 g/mol. The third-order valence-corrected chi connectivity index (χ3v) is 4.27. The van der Waals surface area contributed by atoms with Crippen LogP contribution in [-0.2, 0) is 6.54 Å². The summed E-state index contributed by atoms with van der Waals surface area (Å²) >= 11 is 1.94. The molecule has 1 aromatic rings. The van der Waals surface area contributed by atoms with Crippen LogP contribution in [0.5, 0.6) is 0 Å². The second-order valence-corrected chi connectivity index (χ2v) is 5.07. The van der Waals surface area contributed by atoms with Gasteiger partial charge in [0, 0.05) is 36.5 Å². The van der Waals surface area contributed by atoms with Crippen LogP contribution in [-0.4, -0.2) is 31.1 Å². The lowest BCUT2D eigenvalue weighted by atomic mass is 9.95. The molecule has 1 N–H and O–H groups in total. The molecule has 1 aromatic heterocycles. The number of likely N-dealkylation sites (tertiary alicyclic amines) is 1. The molecule has 2 aliphatic rings. The van der Waals surface area contributed by atoms with Gasteiger partial charge >= 0.3 is 0 Å². The molecular formula is C10H14N2S. The van der Waals surface area contributed by atoms with Crippen LogP contribution in [0.1, 0.15) is 16.4 Å². The Balaban J connectivity index is 1.99. The normalized spacial score (nSPS) is 33.0. The van der Waals surface area contributed by atoms with E-state index in [1.54, 1.807) is 4.88 Å². The molecule has 3 rings (SSSR count). The summed E-state index contributed by atoms with van der Waals surface area (Å²) < 4.78 is 0. The van der Waals surface area contributed by atoms with Crippen molar-refractivity contribution in [3.63, 3.8) is 0 Å². The molecule has 3 heterocycles. The number of hydrogen-bond donors (Lipinski definition) is 1. The summed E-state index contributed by atoms with van der Waals surface area (Å²) in [7, 11) is 2.22. The minimum absolute atomic E-state index is 0.705. The molecule has 1 fully saturated rings. The van der Waals surface area contributed by atoms with Gasteiger partial charge in [-0.3, -0.25) is 0 Å². The van der Waals surface area contributed by atoms with Crippen LogP contribution in [0.25, 0.3) is 0 Å². The first-order valence-corrected chi connectivity index (χ1v) is 5.71. The molecule has 0 amide bonds. The maximum absolute atomic E-state index is 3.62. The molecule has 70 valence electrons. The summed E-state index contributed by atoms with van der Waals surface area (Å²) in [5.41, 5.74) is 1.53. The predicted molar refractivity (Wildman–Crippen MR) is 55.2 cm³/mol. The first-order chi connectivity index (χ1) is 6.34. The third-order valence-electron chi connectivity index (χ3n) is 3.17. The Morgan fingerprint density at radius 3 is 3.38 bits per heavy atom. The summed E-state index contributed by atoms with van der Waals surface area (Å²) in [6, 6.07) is 2.97. The lowest BCUT2D eigenvalue weighted by Gasteiger charge is -2.25. The largest absolute Gasteiger partial charge is 0.308 e. The van der Waals surface area contributed by atoms with E-state index < -0.39 is 0 Å². The zero-order valence-corrected chi connectivity index (χ0v) is 8.60. The molecule has 2 atom stereocenters. The van der Waals surface area contributed by atoms with Crippen molar-refractivity contribution >= 4 is 11.3 Å². The van der Waals surface area contributed by atoms with Crippen LogP contribution in [0, 0.1) is 0 Å². The standard InChI is InChI=1S/C10H14N2S/c1-12-5-8-9(6-12)11-4-7-2-3-13-10(7)8/h2-3,8-9,11H,4-6H2,1H3. The van der Waals surface area contributed by atoms with Gasteiger partial charge in [-0.15, -0.1) is 11.3 Å². The van der Waals surface area contributed by atoms with Crippen molar-refractivity contribution in [1.29, 1.82) is 0 Å². The molecule has 1 saturated heterocycles. The maximum Gasteiger partial charge on any atom is 0.0287 e. The van der Waals surface area contributed by atoms with Gasteiger partial charge < -0.3 is 10.2 Å². The fourth-order valence-electron chi connectivity index (χ4n) is 2.53. The van der Waals surface area contributed by atoms with E-state index in [2.05, 4.69) is 28.7 Å². The van der Waals surface area contributed by atoms with Crippen molar-refractivity contribution in [2.24, 2.45) is 0 Å². The van der Waals surface area contributed by atoms with E-state index in [9.17, 15) is 0 Å². The van der Waals surface area contributed by atoms with Gasteiger partial charge in [0.15, 0.2) is 0 Å². The highest BCUT2D eigenvalue weighted by Crippen LogP contribution is 2.36. The van der Waals surface area contributed by atoms with E-state index in [0.717, 1.165) is 12.5 Å². The number of thiophene rings is 1. The van der Waals surface area contributed by atoms with Gasteiger partial charge in [0.25, 0.3) is 0 Å². The number of likely N-dealkylation sites (N-methyl/N-ethyl adjacent to an activating group) is 1. The third kappa shape index (κ3) is 1.15. The molecule has 3 heteroatoms. The van der Waals surface area contributed by atoms with Crippen LogP contribution in [0.2, 0.25) is 0 Å². The second kappa shape index (κ2) is 2.80. The fraction of sp³-hybridized carbons (Fsp3) is 0.600. The van der Waals surface area contributed by atoms with Gasteiger partial charge in [-0.1, -0.05) is 0 Å². The highest BCUT2D eigenvalue weighted by Gasteiger charge is 2.36. The smallest absolute Gasteiger partial charge is 0.0287 e. The molecule has 0 aliphatic carbocycles. The van der Waals surface area contributed by atoms with Crippen LogP contribution in [0.4, 0.5) is 0 Å². The Labute approximate surface area is 82.6 Å². The highest BCUT2D eigenvalue weighted by molar-refractivity contribution is 7.10. The summed E-state index contributed by atoms with van der Waals surface area (Å²) in [5, 5.41) is 5.85. The zero-order chi connectivity index (χ0) is 8.84. The maximum atomic E-state index is 3.62. The Kier molecular flexibility index (Phi) is 1.72. The molecule has 0 radical (unpaired) electrons. The minimum Gasteiger partial charge on any atom is -0.308 e. The fourth-order valence-corrected chi connectivity index (χ4v) is 3.62. The van der Waals surface area contributed by atoms with E-state index in [0.29, 0.717) is 6.04 Å². The Morgan fingerprint density at radius 1 is 1.54 bits per heavy atom. The summed E-state index contributed by atoms with van der Waals surface area (Å²) in [6.45, 7) is 3.51. The van der Waals surface area contributed by atoms with E-state index in [1.807, 2.05) is 11.3 Å². The molecule has 0 saturated carbocycles. The van der Waals surface area contributed by atoms with Gasteiger partial charge in [-0.05, 0) is 24.1 Å². The molecule has 2 nitrogen and oxygen atoms in total. The number of nitrogens with zero attached hydrogens (tertiary/aromatic N) is 1. The van der Waals surface area contributed by atoms with Crippen LogP contribution >= 0.6 is 11.3 Å². The number of rotatable bonds is 0. The second-order valence-electron chi connectivity index (χ2n) is 4.13. The van der Waals surface area contributed by atoms with Gasteiger partial charge in [-0.25, -0.2) is 0 Å². The van der Waals surface area contributed by atoms with Gasteiger partial charge in [-0.2, -0.15) is 0 Å². The van der Waals surface area contributed by atoms with E-state index in [-0.39, 0.29) is 0 Å². The van der Waals surface area contributed by atoms with Crippen molar-refractivity contribution in [2.45, 2.75) is 18.5 Å². The Bertz CT molecular complexity index is 320. The summed E-state index contributed by atoms with van der Waals surface area (Å²) in [6.07, 6.45) is 0. The Morgan fingerprint density at radius 2 is 2.46 bits per heavy atom. The van der Waals surface area contributed by atoms with Crippen molar-refractivity contribution in [2.75, 3.05) is 20.1 Å². The first-order valence-electron chi connectivity index (χ1n) is 4.83. The average Bonchev–Trinajstić information content (AvgIpc) is 2.65. The number of hydrogen-bond acceptors (Lipinski definition) is 3. The van der Waals surface area contributed by atoms with Gasteiger partial charge in [0.2, 0.25) is 0 Å². The van der Waals surface area contributed by atoms with E-state index in [1.165, 1.54) is 18.7 Å². The van der Waals surface area contributed by atoms with Gasteiger partial charge in [0.05, 0.1) is 0 Å². The summed E-state index contributed by atoms with van der Waals surface area (Å²) in [5.74, 6) is 0.758. The van der Waals surface area contributed by atoms with Crippen molar-refractivity contribution in [1.82, 2.24) is 10.2 Å². The quantitative estimate of drug-likeness (QED) is 0.668. The molecular weight excluding hydrogens is 180 g/mol. The lowest BCUT2D eigenvalue weighted by molar-refractivity contribution is 0.398. The van der Waals surface area contributed by atoms with Gasteiger partial charge in [0.1, 0.15) is 0 Å². The topological polar surface area (TPSA) is 15.3 Å². The molecule has 0 spiro atoms. The monoisotopic (exact) mass is 194 g/mol. The molecule has 0 aromatic carbocycles. The summed E-state index contributed by atoms with van der Waals surface area (Å²) in [4.78, 5) is 4.06. The zero-order valence-electron chi connectivity index (χ0n) is 7.79. The molecule has 2 aliphatic heterocycles. The van der Waals surface area contributed by atoms with Crippen molar-refractivity contribution in [3.8, 4) is 0 Å². The minimum atomic E-state index is 0.705. The van der Waals surface area contributed by atoms with E-state index in [4.69, 9.17) is 0 Å². The van der Waals surface area contributed by atoms with Crippen molar-refractivity contribution in [3.05, 3.63) is 21.9 Å². The SMILES string of the molecule is CN1CC2NCc3ccsc3C2C1. The van der Waals surface area contributed by atoms with Crippen LogP contribution in [0.15, 0.2) is 11.4 Å². The van der Waals surface area contributed by atoms with Crippen molar-refractivity contribution < 1.29 is 0 Å². The highest BCUT2D eigenvalue weighted by atomic mass is 32.1. The molecule has 0 bridgehead atoms. The predicted octanol–water partition coefficient (Wildman–Crippen LogP) is 1.25. The van der Waals surface area contributed by atoms with Crippen LogP contribution < -0.4 is 5.32 Å². The van der Waals surface area contributed by atoms with E-state index >= 15 is 0 Å². The Hall–Kier alpha value is -0.380. The number of fused-ring (bicyclic) bond motifs is 3. The molecule has 13 heavy (non-hydrogen) atoms. The first kappa shape index (κ1) is 7.97. The molecule has 2 unspecified atom stereocenters. The lowest BCUT2D eigenvalue weighted by Crippen LogP contribution is -2.38. The van der Waals surface area contributed by atoms with Crippen LogP contribution in [0.3, 0.4) is 0 Å². The number of nitrogens with one attached hydrogen (secondary N) is 1.